The maximum atomic E-state index is 12.1. The van der Waals surface area contributed by atoms with Crippen LogP contribution in [-0.4, -0.2) is 35.2 Å². The molecular formula is C12H20ClN3O2S. The van der Waals surface area contributed by atoms with Gasteiger partial charge < -0.3 is 5.73 Å². The van der Waals surface area contributed by atoms with E-state index in [0.717, 1.165) is 24.1 Å². The Balaban J connectivity index is 2.19. The Morgan fingerprint density at radius 3 is 2.74 bits per heavy atom. The minimum atomic E-state index is -3.06. The van der Waals surface area contributed by atoms with Gasteiger partial charge in [0.05, 0.1) is 16.7 Å². The van der Waals surface area contributed by atoms with Crippen LogP contribution < -0.4 is 5.73 Å². The van der Waals surface area contributed by atoms with Crippen LogP contribution in [0.4, 0.5) is 0 Å². The van der Waals surface area contributed by atoms with Crippen molar-refractivity contribution < 1.29 is 8.42 Å². The number of aryl methyl sites for hydroxylation is 2. The summed E-state index contributed by atoms with van der Waals surface area (Å²) >= 11 is 6.16. The van der Waals surface area contributed by atoms with Crippen LogP contribution in [-0.2, 0) is 23.3 Å². The zero-order valence-corrected chi connectivity index (χ0v) is 12.8. The van der Waals surface area contributed by atoms with E-state index in [2.05, 4.69) is 5.10 Å². The normalized spacial score (nSPS) is 24.3. The molecule has 108 valence electrons. The summed E-state index contributed by atoms with van der Waals surface area (Å²) < 4.78 is 25.7. The lowest BCUT2D eigenvalue weighted by atomic mass is 10.0. The van der Waals surface area contributed by atoms with Crippen LogP contribution in [0.5, 0.6) is 0 Å². The van der Waals surface area contributed by atoms with Gasteiger partial charge >= 0.3 is 0 Å². The van der Waals surface area contributed by atoms with Gasteiger partial charge in [0, 0.05) is 18.7 Å². The number of sulfone groups is 1. The lowest BCUT2D eigenvalue weighted by Gasteiger charge is -2.27. The summed E-state index contributed by atoms with van der Waals surface area (Å²) in [6.07, 6.45) is 2.79. The molecular weight excluding hydrogens is 286 g/mol. The van der Waals surface area contributed by atoms with Gasteiger partial charge in [-0.3, -0.25) is 4.68 Å². The number of aromatic nitrogens is 2. The van der Waals surface area contributed by atoms with E-state index in [4.69, 9.17) is 17.3 Å². The number of rotatable bonds is 3. The molecule has 0 spiro atoms. The monoisotopic (exact) mass is 305 g/mol. The molecule has 1 aromatic heterocycles. The standard InChI is InChI=1S/C12H20ClN3O2S/c1-8-9(12(13)16(2)15-8)7-10(14)11-5-3-4-6-19(11,17)18/h10-11H,3-7,14H2,1-2H3. The fraction of sp³-hybridized carbons (Fsp3) is 0.750. The zero-order chi connectivity index (χ0) is 14.2. The van der Waals surface area contributed by atoms with Gasteiger partial charge in [-0.1, -0.05) is 18.0 Å². The first kappa shape index (κ1) is 14.8. The molecule has 1 fully saturated rings. The minimum absolute atomic E-state index is 0.255. The second kappa shape index (κ2) is 5.42. The molecule has 0 amide bonds. The van der Waals surface area contributed by atoms with Crippen LogP contribution in [0.25, 0.3) is 0 Å². The predicted octanol–water partition coefficient (Wildman–Crippen LogP) is 1.22. The number of halogens is 1. The van der Waals surface area contributed by atoms with Crippen molar-refractivity contribution in [3.63, 3.8) is 0 Å². The molecule has 1 saturated heterocycles. The molecule has 2 N–H and O–H groups in total. The van der Waals surface area contributed by atoms with Crippen LogP contribution in [0.3, 0.4) is 0 Å². The number of hydrogen-bond acceptors (Lipinski definition) is 4. The molecule has 0 bridgehead atoms. The molecule has 2 heterocycles. The highest BCUT2D eigenvalue weighted by Crippen LogP contribution is 2.26. The third-order valence-electron chi connectivity index (χ3n) is 3.82. The Kier molecular flexibility index (Phi) is 4.23. The van der Waals surface area contributed by atoms with Gasteiger partial charge in [-0.15, -0.1) is 0 Å². The van der Waals surface area contributed by atoms with Crippen molar-refractivity contribution in [2.75, 3.05) is 5.75 Å². The quantitative estimate of drug-likeness (QED) is 0.911. The fourth-order valence-corrected chi connectivity index (χ4v) is 5.05. The summed E-state index contributed by atoms with van der Waals surface area (Å²) in [7, 11) is -1.29. The van der Waals surface area contributed by atoms with E-state index in [0.29, 0.717) is 18.0 Å². The molecule has 0 radical (unpaired) electrons. The lowest BCUT2D eigenvalue weighted by molar-refractivity contribution is 0.494. The molecule has 7 heteroatoms. The average molecular weight is 306 g/mol. The second-order valence-corrected chi connectivity index (χ2v) is 7.95. The Bertz CT molecular complexity index is 568. The Labute approximate surface area is 119 Å². The minimum Gasteiger partial charge on any atom is -0.326 e. The van der Waals surface area contributed by atoms with Crippen molar-refractivity contribution in [3.05, 3.63) is 16.4 Å². The SMILES string of the molecule is Cc1nn(C)c(Cl)c1CC(N)C1CCCCS1(=O)=O. The largest absolute Gasteiger partial charge is 0.326 e. The van der Waals surface area contributed by atoms with Gasteiger partial charge in [0.1, 0.15) is 5.15 Å². The van der Waals surface area contributed by atoms with E-state index in [1.165, 1.54) is 0 Å². The highest BCUT2D eigenvalue weighted by molar-refractivity contribution is 7.92. The maximum Gasteiger partial charge on any atom is 0.154 e. The first-order valence-electron chi connectivity index (χ1n) is 6.48. The Hall–Kier alpha value is -0.590. The van der Waals surface area contributed by atoms with Crippen molar-refractivity contribution in [3.8, 4) is 0 Å². The van der Waals surface area contributed by atoms with Crippen molar-refractivity contribution in [1.82, 2.24) is 9.78 Å². The third-order valence-corrected chi connectivity index (χ3v) is 6.65. The summed E-state index contributed by atoms with van der Waals surface area (Å²) in [5.74, 6) is 0.255. The highest BCUT2D eigenvalue weighted by Gasteiger charge is 2.34. The smallest absolute Gasteiger partial charge is 0.154 e. The summed E-state index contributed by atoms with van der Waals surface area (Å²) in [4.78, 5) is 0. The summed E-state index contributed by atoms with van der Waals surface area (Å²) in [6, 6.07) is -0.411. The molecule has 0 aromatic carbocycles. The van der Waals surface area contributed by atoms with Crippen LogP contribution in [0, 0.1) is 6.92 Å². The Morgan fingerprint density at radius 2 is 2.21 bits per heavy atom. The van der Waals surface area contributed by atoms with E-state index in [1.54, 1.807) is 11.7 Å². The van der Waals surface area contributed by atoms with Crippen LogP contribution >= 0.6 is 11.6 Å². The van der Waals surface area contributed by atoms with E-state index < -0.39 is 21.1 Å². The molecule has 1 aliphatic rings. The summed E-state index contributed by atoms with van der Waals surface area (Å²) in [6.45, 7) is 1.86. The summed E-state index contributed by atoms with van der Waals surface area (Å²) in [5.41, 5.74) is 7.80. The van der Waals surface area contributed by atoms with E-state index in [1.807, 2.05) is 6.92 Å². The molecule has 2 atom stereocenters. The van der Waals surface area contributed by atoms with Gasteiger partial charge in [0.2, 0.25) is 0 Å². The topological polar surface area (TPSA) is 78.0 Å². The first-order valence-corrected chi connectivity index (χ1v) is 8.57. The van der Waals surface area contributed by atoms with Gasteiger partial charge in [0.15, 0.2) is 9.84 Å². The molecule has 5 nitrogen and oxygen atoms in total. The molecule has 19 heavy (non-hydrogen) atoms. The van der Waals surface area contributed by atoms with Crippen LogP contribution in [0.2, 0.25) is 5.15 Å². The number of nitrogens with zero attached hydrogens (tertiary/aromatic N) is 2. The lowest BCUT2D eigenvalue weighted by Crippen LogP contribution is -2.45. The van der Waals surface area contributed by atoms with Crippen molar-refractivity contribution in [2.45, 2.75) is 43.9 Å². The highest BCUT2D eigenvalue weighted by atomic mass is 35.5. The van der Waals surface area contributed by atoms with E-state index in [-0.39, 0.29) is 5.75 Å². The molecule has 2 rings (SSSR count). The fourth-order valence-electron chi connectivity index (χ4n) is 2.73. The van der Waals surface area contributed by atoms with Gasteiger partial charge in [-0.25, -0.2) is 8.42 Å². The molecule has 1 aliphatic heterocycles. The van der Waals surface area contributed by atoms with Crippen LogP contribution in [0.15, 0.2) is 0 Å². The van der Waals surface area contributed by atoms with Crippen molar-refractivity contribution >= 4 is 21.4 Å². The Morgan fingerprint density at radius 1 is 1.53 bits per heavy atom. The predicted molar refractivity (Wildman–Crippen MR) is 76.1 cm³/mol. The van der Waals surface area contributed by atoms with Gasteiger partial charge in [-0.05, 0) is 26.2 Å². The summed E-state index contributed by atoms with van der Waals surface area (Å²) in [5, 5.41) is 4.32. The maximum absolute atomic E-state index is 12.1. The van der Waals surface area contributed by atoms with Gasteiger partial charge in [0.25, 0.3) is 0 Å². The number of nitrogens with two attached hydrogens (primary N) is 1. The van der Waals surface area contributed by atoms with E-state index in [9.17, 15) is 8.42 Å². The van der Waals surface area contributed by atoms with Crippen LogP contribution in [0.1, 0.15) is 30.5 Å². The molecule has 0 saturated carbocycles. The van der Waals surface area contributed by atoms with Crippen molar-refractivity contribution in [1.29, 1.82) is 0 Å². The third kappa shape index (κ3) is 2.95. The van der Waals surface area contributed by atoms with Gasteiger partial charge in [-0.2, -0.15) is 5.10 Å². The first-order chi connectivity index (χ1) is 8.83. The number of hydrogen-bond donors (Lipinski definition) is 1. The zero-order valence-electron chi connectivity index (χ0n) is 11.3. The average Bonchev–Trinajstić information content (AvgIpc) is 2.55. The molecule has 1 aromatic rings. The second-order valence-electron chi connectivity index (χ2n) is 5.25. The van der Waals surface area contributed by atoms with E-state index >= 15 is 0 Å². The molecule has 0 aliphatic carbocycles. The molecule has 2 unspecified atom stereocenters. The van der Waals surface area contributed by atoms with Crippen molar-refractivity contribution in [2.24, 2.45) is 12.8 Å².